The number of benzene rings is 1. The Morgan fingerprint density at radius 1 is 1.11 bits per heavy atom. The zero-order valence-corrected chi connectivity index (χ0v) is 16.2. The first-order valence-electron chi connectivity index (χ1n) is 9.15. The average Bonchev–Trinajstić information content (AvgIpc) is 3.28. The smallest absolute Gasteiger partial charge is 0.139 e. The maximum atomic E-state index is 5.30. The van der Waals surface area contributed by atoms with Crippen LogP contribution in [0.1, 0.15) is 22.5 Å². The molecule has 3 aromatic rings. The molecule has 0 N–H and O–H groups in total. The molecule has 27 heavy (non-hydrogen) atoms. The third-order valence-electron chi connectivity index (χ3n) is 4.62. The van der Waals surface area contributed by atoms with E-state index in [0.29, 0.717) is 6.61 Å². The van der Waals surface area contributed by atoms with Crippen LogP contribution >= 0.6 is 0 Å². The third-order valence-corrected chi connectivity index (χ3v) is 4.62. The van der Waals surface area contributed by atoms with Crippen LogP contribution in [0.5, 0.6) is 0 Å². The second-order valence-electron chi connectivity index (χ2n) is 6.59. The number of aryl methyl sites for hydroxylation is 1. The van der Waals surface area contributed by atoms with E-state index in [1.54, 1.807) is 19.8 Å². The summed E-state index contributed by atoms with van der Waals surface area (Å²) in [5, 5.41) is 7.83. The number of rotatable bonds is 9. The van der Waals surface area contributed by atoms with Gasteiger partial charge in [0.2, 0.25) is 0 Å². The predicted octanol–water partition coefficient (Wildman–Crippen LogP) is 3.17. The molecule has 2 heterocycles. The van der Waals surface area contributed by atoms with Crippen LogP contribution in [0.4, 0.5) is 0 Å². The number of methoxy groups -OCH3 is 1. The molecule has 3 rings (SSSR count). The first-order chi connectivity index (χ1) is 13.2. The van der Waals surface area contributed by atoms with E-state index in [9.17, 15) is 0 Å². The van der Waals surface area contributed by atoms with E-state index in [0.717, 1.165) is 25.3 Å². The lowest BCUT2D eigenvalue weighted by Crippen LogP contribution is -2.27. The van der Waals surface area contributed by atoms with Gasteiger partial charge in [-0.2, -0.15) is 0 Å². The highest BCUT2D eigenvalue weighted by Crippen LogP contribution is 2.17. The highest BCUT2D eigenvalue weighted by molar-refractivity contribution is 5.48. The maximum absolute atomic E-state index is 5.30. The molecular formula is C21H27N5O. The molecule has 0 bridgehead atoms. The quantitative estimate of drug-likeness (QED) is 0.584. The number of aromatic nitrogens is 4. The molecule has 2 aromatic heterocycles. The van der Waals surface area contributed by atoms with Gasteiger partial charge in [0.25, 0.3) is 0 Å². The summed E-state index contributed by atoms with van der Waals surface area (Å²) in [6.07, 6.45) is 7.81. The van der Waals surface area contributed by atoms with Crippen molar-refractivity contribution in [2.75, 3.05) is 26.8 Å². The highest BCUT2D eigenvalue weighted by Gasteiger charge is 2.13. The van der Waals surface area contributed by atoms with Crippen LogP contribution in [0.15, 0.2) is 55.1 Å². The van der Waals surface area contributed by atoms with Gasteiger partial charge in [-0.1, -0.05) is 42.5 Å². The van der Waals surface area contributed by atoms with Gasteiger partial charge in [0.1, 0.15) is 12.7 Å². The van der Waals surface area contributed by atoms with Crippen molar-refractivity contribution in [2.45, 2.75) is 20.4 Å². The molecule has 0 aliphatic rings. The van der Waals surface area contributed by atoms with Gasteiger partial charge in [-0.3, -0.25) is 9.58 Å². The van der Waals surface area contributed by atoms with Gasteiger partial charge in [-0.05, 0) is 31.0 Å². The van der Waals surface area contributed by atoms with Gasteiger partial charge >= 0.3 is 0 Å². The van der Waals surface area contributed by atoms with E-state index in [2.05, 4.69) is 76.1 Å². The molecule has 6 nitrogen and oxygen atoms in total. The number of nitrogens with zero attached hydrogens (tertiary/aromatic N) is 5. The molecule has 0 fully saturated rings. The molecule has 0 radical (unpaired) electrons. The van der Waals surface area contributed by atoms with Crippen molar-refractivity contribution in [3.63, 3.8) is 0 Å². The molecule has 142 valence electrons. The summed E-state index contributed by atoms with van der Waals surface area (Å²) in [6.45, 7) is 7.57. The Morgan fingerprint density at radius 2 is 1.85 bits per heavy atom. The monoisotopic (exact) mass is 365 g/mol. The summed E-state index contributed by atoms with van der Waals surface area (Å²) in [4.78, 5) is 2.39. The van der Waals surface area contributed by atoms with Crippen LogP contribution in [0.3, 0.4) is 0 Å². The van der Waals surface area contributed by atoms with Crippen LogP contribution in [0.2, 0.25) is 0 Å². The molecular weight excluding hydrogens is 338 g/mol. The first kappa shape index (κ1) is 19.1. The van der Waals surface area contributed by atoms with Crippen molar-refractivity contribution in [2.24, 2.45) is 0 Å². The average molecular weight is 365 g/mol. The lowest BCUT2D eigenvalue weighted by Gasteiger charge is -2.20. The number of ether oxygens (including phenoxy) is 1. The van der Waals surface area contributed by atoms with E-state index in [-0.39, 0.29) is 0 Å². The molecule has 0 unspecified atom stereocenters. The minimum atomic E-state index is 0.712. The molecule has 0 aliphatic heterocycles. The fourth-order valence-electron chi connectivity index (χ4n) is 3.23. The summed E-state index contributed by atoms with van der Waals surface area (Å²) in [5.74, 6) is 0. The van der Waals surface area contributed by atoms with Crippen LogP contribution < -0.4 is 0 Å². The van der Waals surface area contributed by atoms with Crippen molar-refractivity contribution >= 4 is 6.08 Å². The number of hydrogen-bond donors (Lipinski definition) is 0. The summed E-state index contributed by atoms with van der Waals surface area (Å²) in [7, 11) is 1.75. The molecule has 0 spiro atoms. The minimum absolute atomic E-state index is 0.712. The van der Waals surface area contributed by atoms with Crippen LogP contribution in [-0.2, 0) is 11.3 Å². The second-order valence-corrected chi connectivity index (χ2v) is 6.59. The Bertz CT molecular complexity index is 852. The normalized spacial score (nSPS) is 11.7. The molecule has 6 heteroatoms. The molecule has 0 saturated heterocycles. The van der Waals surface area contributed by atoms with Crippen molar-refractivity contribution in [1.82, 2.24) is 24.4 Å². The van der Waals surface area contributed by atoms with Crippen molar-refractivity contribution in [3.8, 4) is 0 Å². The van der Waals surface area contributed by atoms with Crippen LogP contribution in [0.25, 0.3) is 6.08 Å². The minimum Gasteiger partial charge on any atom is -0.383 e. The molecule has 0 atom stereocenters. The Morgan fingerprint density at radius 3 is 2.56 bits per heavy atom. The topological polar surface area (TPSA) is 48.1 Å². The SMILES string of the molecule is COCCN(C/C=C/c1ccccc1)Cc1cc(C)n(-n2cnnc2)c1C. The van der Waals surface area contributed by atoms with Crippen LogP contribution in [0, 0.1) is 13.8 Å². The van der Waals surface area contributed by atoms with Crippen LogP contribution in [-0.4, -0.2) is 51.3 Å². The fraction of sp³-hybridized carbons (Fsp3) is 0.333. The lowest BCUT2D eigenvalue weighted by molar-refractivity contribution is 0.151. The van der Waals surface area contributed by atoms with Gasteiger partial charge < -0.3 is 4.74 Å². The molecule has 0 saturated carbocycles. The summed E-state index contributed by atoms with van der Waals surface area (Å²) in [5.41, 5.74) is 4.87. The maximum Gasteiger partial charge on any atom is 0.139 e. The Balaban J connectivity index is 1.73. The second kappa shape index (κ2) is 9.30. The van der Waals surface area contributed by atoms with Gasteiger partial charge in [0.15, 0.2) is 0 Å². The third kappa shape index (κ3) is 4.93. The zero-order chi connectivity index (χ0) is 19.1. The fourth-order valence-corrected chi connectivity index (χ4v) is 3.23. The molecule has 1 aromatic carbocycles. The van der Waals surface area contributed by atoms with Gasteiger partial charge in [0, 0.05) is 38.1 Å². The Kier molecular flexibility index (Phi) is 6.57. The number of hydrogen-bond acceptors (Lipinski definition) is 4. The van der Waals surface area contributed by atoms with E-state index in [4.69, 9.17) is 4.74 Å². The summed E-state index contributed by atoms with van der Waals surface area (Å²) < 4.78 is 9.34. The first-order valence-corrected chi connectivity index (χ1v) is 9.15. The molecule has 0 amide bonds. The summed E-state index contributed by atoms with van der Waals surface area (Å²) >= 11 is 0. The van der Waals surface area contributed by atoms with Crippen molar-refractivity contribution in [1.29, 1.82) is 0 Å². The Hall–Kier alpha value is -2.70. The Labute approximate surface area is 160 Å². The lowest BCUT2D eigenvalue weighted by atomic mass is 10.2. The summed E-state index contributed by atoms with van der Waals surface area (Å²) in [6, 6.07) is 12.6. The van der Waals surface area contributed by atoms with Crippen molar-refractivity contribution in [3.05, 3.63) is 77.6 Å². The predicted molar refractivity (Wildman–Crippen MR) is 107 cm³/mol. The highest BCUT2D eigenvalue weighted by atomic mass is 16.5. The van der Waals surface area contributed by atoms with Gasteiger partial charge in [-0.25, -0.2) is 4.68 Å². The van der Waals surface area contributed by atoms with Crippen molar-refractivity contribution < 1.29 is 4.74 Å². The molecule has 0 aliphatic carbocycles. The van der Waals surface area contributed by atoms with E-state index < -0.39 is 0 Å². The van der Waals surface area contributed by atoms with Gasteiger partial charge in [-0.15, -0.1) is 10.2 Å². The van der Waals surface area contributed by atoms with E-state index >= 15 is 0 Å². The van der Waals surface area contributed by atoms with E-state index in [1.165, 1.54) is 16.8 Å². The van der Waals surface area contributed by atoms with E-state index in [1.807, 2.05) is 10.7 Å². The standard InChI is InChI=1S/C21H27N5O/c1-18-14-21(19(2)26(18)25-16-22-23-17-25)15-24(12-13-27-3)11-7-10-20-8-5-4-6-9-20/h4-10,14,16-17H,11-13,15H2,1-3H3/b10-7+. The van der Waals surface area contributed by atoms with Gasteiger partial charge in [0.05, 0.1) is 6.61 Å². The zero-order valence-electron chi connectivity index (χ0n) is 16.2. The largest absolute Gasteiger partial charge is 0.383 e.